The SMILES string of the molecule is CCC[C@@H]1CCNCC1C(=O)OCC. The molecule has 1 unspecified atom stereocenters. The van der Waals surface area contributed by atoms with Gasteiger partial charge in [-0.2, -0.15) is 0 Å². The van der Waals surface area contributed by atoms with E-state index in [0.717, 1.165) is 32.4 Å². The van der Waals surface area contributed by atoms with Crippen LogP contribution in [0.15, 0.2) is 0 Å². The van der Waals surface area contributed by atoms with Gasteiger partial charge in [-0.25, -0.2) is 0 Å². The Hall–Kier alpha value is -0.570. The molecule has 3 nitrogen and oxygen atoms in total. The van der Waals surface area contributed by atoms with Crippen LogP contribution in [-0.2, 0) is 9.53 Å². The first-order valence-corrected chi connectivity index (χ1v) is 5.66. The Balaban J connectivity index is 2.48. The van der Waals surface area contributed by atoms with Crippen molar-refractivity contribution in [2.45, 2.75) is 33.1 Å². The van der Waals surface area contributed by atoms with Gasteiger partial charge in [-0.05, 0) is 32.2 Å². The molecule has 0 amide bonds. The van der Waals surface area contributed by atoms with Crippen LogP contribution in [0.1, 0.15) is 33.1 Å². The zero-order valence-corrected chi connectivity index (χ0v) is 9.21. The van der Waals surface area contributed by atoms with Gasteiger partial charge in [0.25, 0.3) is 0 Å². The van der Waals surface area contributed by atoms with Crippen molar-refractivity contribution in [3.8, 4) is 0 Å². The molecule has 1 rings (SSSR count). The molecule has 2 atom stereocenters. The van der Waals surface area contributed by atoms with Crippen LogP contribution in [0.3, 0.4) is 0 Å². The molecule has 0 aliphatic carbocycles. The number of esters is 1. The number of carbonyl (C=O) groups excluding carboxylic acids is 1. The van der Waals surface area contributed by atoms with Gasteiger partial charge in [-0.1, -0.05) is 13.3 Å². The van der Waals surface area contributed by atoms with Crippen LogP contribution in [0.5, 0.6) is 0 Å². The van der Waals surface area contributed by atoms with Gasteiger partial charge in [0.05, 0.1) is 12.5 Å². The molecule has 1 heterocycles. The second-order valence-corrected chi connectivity index (χ2v) is 3.90. The Morgan fingerprint density at radius 3 is 2.93 bits per heavy atom. The van der Waals surface area contributed by atoms with Gasteiger partial charge in [-0.15, -0.1) is 0 Å². The van der Waals surface area contributed by atoms with E-state index in [1.54, 1.807) is 0 Å². The fourth-order valence-electron chi connectivity index (χ4n) is 2.15. The minimum absolute atomic E-state index is 0.0156. The second-order valence-electron chi connectivity index (χ2n) is 3.90. The highest BCUT2D eigenvalue weighted by Crippen LogP contribution is 2.24. The van der Waals surface area contributed by atoms with Crippen LogP contribution >= 0.6 is 0 Å². The molecule has 1 N–H and O–H groups in total. The van der Waals surface area contributed by atoms with Gasteiger partial charge < -0.3 is 10.1 Å². The maximum Gasteiger partial charge on any atom is 0.310 e. The third-order valence-electron chi connectivity index (χ3n) is 2.87. The summed E-state index contributed by atoms with van der Waals surface area (Å²) in [5.41, 5.74) is 0. The molecule has 0 aromatic rings. The Labute approximate surface area is 86.2 Å². The molecule has 0 spiro atoms. The maximum absolute atomic E-state index is 11.6. The molecule has 0 aromatic carbocycles. The molecule has 1 aliphatic heterocycles. The van der Waals surface area contributed by atoms with Gasteiger partial charge in [0, 0.05) is 6.54 Å². The molecule has 0 aromatic heterocycles. The van der Waals surface area contributed by atoms with Crippen LogP contribution in [0, 0.1) is 11.8 Å². The summed E-state index contributed by atoms with van der Waals surface area (Å²) in [6.07, 6.45) is 3.41. The maximum atomic E-state index is 11.6. The second kappa shape index (κ2) is 6.02. The Morgan fingerprint density at radius 2 is 2.29 bits per heavy atom. The molecule has 82 valence electrons. The van der Waals surface area contributed by atoms with Crippen LogP contribution in [0.4, 0.5) is 0 Å². The summed E-state index contributed by atoms with van der Waals surface area (Å²) in [6, 6.07) is 0. The van der Waals surface area contributed by atoms with E-state index >= 15 is 0 Å². The first kappa shape index (κ1) is 11.5. The number of ether oxygens (including phenoxy) is 1. The average Bonchev–Trinajstić information content (AvgIpc) is 2.19. The van der Waals surface area contributed by atoms with Crippen LogP contribution in [0.2, 0.25) is 0 Å². The molecular weight excluding hydrogens is 178 g/mol. The lowest BCUT2D eigenvalue weighted by Crippen LogP contribution is -2.41. The van der Waals surface area contributed by atoms with E-state index in [1.165, 1.54) is 0 Å². The van der Waals surface area contributed by atoms with Gasteiger partial charge in [-0.3, -0.25) is 4.79 Å². The third kappa shape index (κ3) is 2.98. The minimum atomic E-state index is -0.0156. The van der Waals surface area contributed by atoms with Crippen LogP contribution in [0.25, 0.3) is 0 Å². The van der Waals surface area contributed by atoms with Crippen molar-refractivity contribution in [3.63, 3.8) is 0 Å². The Bertz CT molecular complexity index is 180. The number of carbonyl (C=O) groups is 1. The van der Waals surface area contributed by atoms with E-state index in [4.69, 9.17) is 4.74 Å². The van der Waals surface area contributed by atoms with Crippen molar-refractivity contribution in [1.29, 1.82) is 0 Å². The van der Waals surface area contributed by atoms with Crippen LogP contribution < -0.4 is 5.32 Å². The molecule has 1 saturated heterocycles. The van der Waals surface area contributed by atoms with Crippen molar-refractivity contribution < 1.29 is 9.53 Å². The average molecular weight is 199 g/mol. The fraction of sp³-hybridized carbons (Fsp3) is 0.909. The summed E-state index contributed by atoms with van der Waals surface area (Å²) < 4.78 is 5.08. The van der Waals surface area contributed by atoms with E-state index in [1.807, 2.05) is 6.92 Å². The lowest BCUT2D eigenvalue weighted by atomic mass is 9.83. The predicted molar refractivity (Wildman–Crippen MR) is 56.0 cm³/mol. The summed E-state index contributed by atoms with van der Waals surface area (Å²) in [6.45, 7) is 6.37. The van der Waals surface area contributed by atoms with E-state index in [9.17, 15) is 4.79 Å². The number of piperidine rings is 1. The summed E-state index contributed by atoms with van der Waals surface area (Å²) >= 11 is 0. The lowest BCUT2D eigenvalue weighted by Gasteiger charge is -2.30. The summed E-state index contributed by atoms with van der Waals surface area (Å²) in [4.78, 5) is 11.6. The first-order chi connectivity index (χ1) is 6.79. The molecule has 0 bridgehead atoms. The summed E-state index contributed by atoms with van der Waals surface area (Å²) in [5.74, 6) is 0.599. The normalized spacial score (nSPS) is 27.3. The smallest absolute Gasteiger partial charge is 0.310 e. The Morgan fingerprint density at radius 1 is 1.50 bits per heavy atom. The summed E-state index contributed by atoms with van der Waals surface area (Å²) in [7, 11) is 0. The zero-order chi connectivity index (χ0) is 10.4. The molecule has 0 radical (unpaired) electrons. The van der Waals surface area contributed by atoms with E-state index in [0.29, 0.717) is 12.5 Å². The zero-order valence-electron chi connectivity index (χ0n) is 9.21. The minimum Gasteiger partial charge on any atom is -0.466 e. The quantitative estimate of drug-likeness (QED) is 0.698. The Kier molecular flexibility index (Phi) is 4.94. The third-order valence-corrected chi connectivity index (χ3v) is 2.87. The van der Waals surface area contributed by atoms with Crippen molar-refractivity contribution in [2.75, 3.05) is 19.7 Å². The number of rotatable bonds is 4. The molecule has 3 heteroatoms. The largest absolute Gasteiger partial charge is 0.466 e. The molecule has 1 aliphatic rings. The van der Waals surface area contributed by atoms with E-state index < -0.39 is 0 Å². The number of nitrogens with one attached hydrogen (secondary N) is 1. The van der Waals surface area contributed by atoms with Crippen LogP contribution in [-0.4, -0.2) is 25.7 Å². The van der Waals surface area contributed by atoms with Gasteiger partial charge in [0.2, 0.25) is 0 Å². The van der Waals surface area contributed by atoms with Gasteiger partial charge in [0.15, 0.2) is 0 Å². The molecular formula is C11H21NO2. The van der Waals surface area contributed by atoms with Gasteiger partial charge >= 0.3 is 5.97 Å². The molecule has 1 fully saturated rings. The first-order valence-electron chi connectivity index (χ1n) is 5.66. The highest BCUT2D eigenvalue weighted by molar-refractivity contribution is 5.73. The lowest BCUT2D eigenvalue weighted by molar-refractivity contribution is -0.150. The van der Waals surface area contributed by atoms with E-state index in [-0.39, 0.29) is 11.9 Å². The van der Waals surface area contributed by atoms with Crippen molar-refractivity contribution in [3.05, 3.63) is 0 Å². The fourth-order valence-corrected chi connectivity index (χ4v) is 2.15. The van der Waals surface area contributed by atoms with Crippen molar-refractivity contribution in [1.82, 2.24) is 5.32 Å². The van der Waals surface area contributed by atoms with Crippen molar-refractivity contribution >= 4 is 5.97 Å². The van der Waals surface area contributed by atoms with E-state index in [2.05, 4.69) is 12.2 Å². The van der Waals surface area contributed by atoms with Gasteiger partial charge in [0.1, 0.15) is 0 Å². The monoisotopic (exact) mass is 199 g/mol. The molecule has 0 saturated carbocycles. The highest BCUT2D eigenvalue weighted by atomic mass is 16.5. The highest BCUT2D eigenvalue weighted by Gasteiger charge is 2.30. The van der Waals surface area contributed by atoms with Crippen molar-refractivity contribution in [2.24, 2.45) is 11.8 Å². The number of hydrogen-bond acceptors (Lipinski definition) is 3. The predicted octanol–water partition coefficient (Wildman–Crippen LogP) is 1.58. The number of hydrogen-bond donors (Lipinski definition) is 1. The topological polar surface area (TPSA) is 38.3 Å². The summed E-state index contributed by atoms with van der Waals surface area (Å²) in [5, 5.41) is 3.26. The standard InChI is InChI=1S/C11H21NO2/c1-3-5-9-6-7-12-8-10(9)11(13)14-4-2/h9-10,12H,3-8H2,1-2H3/t9-,10?/m1/s1. The molecule has 14 heavy (non-hydrogen) atoms.